The van der Waals surface area contributed by atoms with Crippen molar-refractivity contribution in [2.45, 2.75) is 39.2 Å². The molecule has 2 N–H and O–H groups in total. The number of hydrogen-bond acceptors (Lipinski definition) is 6. The first-order chi connectivity index (χ1) is 12.3. The summed E-state index contributed by atoms with van der Waals surface area (Å²) < 4.78 is 5.01. The van der Waals surface area contributed by atoms with E-state index in [4.69, 9.17) is 4.74 Å². The predicted octanol–water partition coefficient (Wildman–Crippen LogP) is 2.73. The van der Waals surface area contributed by atoms with Crippen molar-refractivity contribution in [3.05, 3.63) is 33.9 Å². The van der Waals surface area contributed by atoms with Crippen LogP contribution in [0.4, 0.5) is 11.4 Å². The molecule has 0 aliphatic heterocycles. The zero-order valence-corrected chi connectivity index (χ0v) is 15.3. The summed E-state index contributed by atoms with van der Waals surface area (Å²) in [5, 5.41) is 16.7. The molecule has 2 rings (SSSR count). The van der Waals surface area contributed by atoms with E-state index in [1.165, 1.54) is 12.1 Å². The topological polar surface area (TPSA) is 111 Å². The molecular weight excluding hydrogens is 338 g/mol. The Kier molecular flexibility index (Phi) is 6.54. The Bertz CT molecular complexity index is 691. The molecule has 0 radical (unpaired) electrons. The standard InChI is InChI=1S/C18H25N3O5/c1-11-5-4-6-14(12(11)2)20-17(22)10-26-18(23)13-7-8-15(19-3)16(9-13)21(24)25/h7-9,11-12,14,19H,4-6,10H2,1-3H3,(H,20,22)/t11-,12-,14+/m1/s1. The van der Waals surface area contributed by atoms with E-state index < -0.39 is 17.5 Å². The largest absolute Gasteiger partial charge is 0.452 e. The summed E-state index contributed by atoms with van der Waals surface area (Å²) in [6, 6.07) is 4.07. The number of esters is 1. The number of amides is 1. The van der Waals surface area contributed by atoms with Gasteiger partial charge >= 0.3 is 5.97 Å². The van der Waals surface area contributed by atoms with Crippen LogP contribution in [0.3, 0.4) is 0 Å². The van der Waals surface area contributed by atoms with Crippen LogP contribution in [0.1, 0.15) is 43.5 Å². The van der Waals surface area contributed by atoms with E-state index in [-0.39, 0.29) is 23.2 Å². The molecule has 0 aromatic heterocycles. The highest BCUT2D eigenvalue weighted by atomic mass is 16.6. The minimum atomic E-state index is -0.768. The lowest BCUT2D eigenvalue weighted by molar-refractivity contribution is -0.384. The normalized spacial score (nSPS) is 22.3. The molecule has 3 atom stereocenters. The first-order valence-electron chi connectivity index (χ1n) is 8.76. The van der Waals surface area contributed by atoms with E-state index in [0.717, 1.165) is 25.3 Å². The smallest absolute Gasteiger partial charge is 0.338 e. The number of nitro benzene ring substituents is 1. The molecule has 1 fully saturated rings. The van der Waals surface area contributed by atoms with Crippen LogP contribution < -0.4 is 10.6 Å². The Morgan fingerprint density at radius 1 is 1.31 bits per heavy atom. The Hall–Kier alpha value is -2.64. The maximum atomic E-state index is 12.1. The highest BCUT2D eigenvalue weighted by Crippen LogP contribution is 2.29. The lowest BCUT2D eigenvalue weighted by Gasteiger charge is -2.34. The molecule has 0 heterocycles. The lowest BCUT2D eigenvalue weighted by atomic mass is 9.78. The van der Waals surface area contributed by atoms with Crippen LogP contribution >= 0.6 is 0 Å². The monoisotopic (exact) mass is 363 g/mol. The van der Waals surface area contributed by atoms with E-state index in [1.807, 2.05) is 0 Å². The molecule has 0 spiro atoms. The van der Waals surface area contributed by atoms with Gasteiger partial charge in [0.05, 0.1) is 10.5 Å². The minimum absolute atomic E-state index is 0.0307. The molecule has 142 valence electrons. The van der Waals surface area contributed by atoms with Gasteiger partial charge in [-0.05, 0) is 30.4 Å². The maximum absolute atomic E-state index is 12.1. The van der Waals surface area contributed by atoms with Gasteiger partial charge in [0, 0.05) is 19.2 Å². The van der Waals surface area contributed by atoms with Gasteiger partial charge in [-0.2, -0.15) is 0 Å². The number of nitro groups is 1. The predicted molar refractivity (Wildman–Crippen MR) is 97.0 cm³/mol. The number of anilines is 1. The van der Waals surface area contributed by atoms with E-state index >= 15 is 0 Å². The first kappa shape index (κ1) is 19.7. The summed E-state index contributed by atoms with van der Waals surface area (Å²) in [5.41, 5.74) is 0.101. The van der Waals surface area contributed by atoms with Crippen molar-refractivity contribution in [3.8, 4) is 0 Å². The van der Waals surface area contributed by atoms with Crippen LogP contribution in [0.5, 0.6) is 0 Å². The highest BCUT2D eigenvalue weighted by Gasteiger charge is 2.28. The molecule has 1 saturated carbocycles. The van der Waals surface area contributed by atoms with Crippen LogP contribution in [0.15, 0.2) is 18.2 Å². The molecule has 1 amide bonds. The van der Waals surface area contributed by atoms with Crippen molar-refractivity contribution in [2.75, 3.05) is 19.0 Å². The number of benzene rings is 1. The second-order valence-corrected chi connectivity index (χ2v) is 6.76. The SMILES string of the molecule is CNc1ccc(C(=O)OCC(=O)N[C@H]2CCC[C@@H](C)[C@H]2C)cc1[N+](=O)[O-]. The molecule has 0 bridgehead atoms. The molecule has 0 unspecified atom stereocenters. The third kappa shape index (κ3) is 4.71. The molecule has 1 aromatic carbocycles. The quantitative estimate of drug-likeness (QED) is 0.457. The number of hydrogen-bond donors (Lipinski definition) is 2. The molecule has 0 saturated heterocycles. The van der Waals surface area contributed by atoms with Gasteiger partial charge in [-0.25, -0.2) is 4.79 Å². The van der Waals surface area contributed by atoms with Crippen LogP contribution in [0, 0.1) is 22.0 Å². The van der Waals surface area contributed by atoms with Crippen molar-refractivity contribution < 1.29 is 19.2 Å². The zero-order chi connectivity index (χ0) is 19.3. The molecule has 1 aliphatic carbocycles. The third-order valence-corrected chi connectivity index (χ3v) is 5.09. The van der Waals surface area contributed by atoms with Gasteiger partial charge in [0.15, 0.2) is 6.61 Å². The third-order valence-electron chi connectivity index (χ3n) is 5.09. The number of nitrogens with one attached hydrogen (secondary N) is 2. The van der Waals surface area contributed by atoms with Gasteiger partial charge < -0.3 is 15.4 Å². The average molecular weight is 363 g/mol. The summed E-state index contributed by atoms with van der Waals surface area (Å²) in [4.78, 5) is 34.6. The minimum Gasteiger partial charge on any atom is -0.452 e. The van der Waals surface area contributed by atoms with Crippen LogP contribution in [0.25, 0.3) is 0 Å². The van der Waals surface area contributed by atoms with Crippen LogP contribution in [-0.2, 0) is 9.53 Å². The van der Waals surface area contributed by atoms with Gasteiger partial charge in [-0.1, -0.05) is 26.7 Å². The molecule has 8 nitrogen and oxygen atoms in total. The molecule has 8 heteroatoms. The van der Waals surface area contributed by atoms with E-state index in [2.05, 4.69) is 24.5 Å². The Morgan fingerprint density at radius 3 is 2.69 bits per heavy atom. The van der Waals surface area contributed by atoms with Gasteiger partial charge in [0.2, 0.25) is 0 Å². The van der Waals surface area contributed by atoms with Gasteiger partial charge in [0.25, 0.3) is 11.6 Å². The summed E-state index contributed by atoms with van der Waals surface area (Å²) in [5.74, 6) is -0.204. The van der Waals surface area contributed by atoms with E-state index in [1.54, 1.807) is 7.05 Å². The molecule has 26 heavy (non-hydrogen) atoms. The summed E-state index contributed by atoms with van der Waals surface area (Å²) in [6.45, 7) is 3.88. The fourth-order valence-electron chi connectivity index (χ4n) is 3.27. The summed E-state index contributed by atoms with van der Waals surface area (Å²) in [6.07, 6.45) is 3.14. The van der Waals surface area contributed by atoms with Crippen molar-refractivity contribution >= 4 is 23.3 Å². The van der Waals surface area contributed by atoms with Gasteiger partial charge in [-0.3, -0.25) is 14.9 Å². The Morgan fingerprint density at radius 2 is 2.04 bits per heavy atom. The van der Waals surface area contributed by atoms with E-state index in [9.17, 15) is 19.7 Å². The van der Waals surface area contributed by atoms with E-state index in [0.29, 0.717) is 17.5 Å². The number of ether oxygens (including phenoxy) is 1. The number of rotatable bonds is 6. The highest BCUT2D eigenvalue weighted by molar-refractivity contribution is 5.93. The molecule has 1 aromatic rings. The maximum Gasteiger partial charge on any atom is 0.338 e. The average Bonchev–Trinajstić information content (AvgIpc) is 2.62. The Labute approximate surface area is 152 Å². The zero-order valence-electron chi connectivity index (χ0n) is 15.3. The fraction of sp³-hybridized carbons (Fsp3) is 0.556. The van der Waals surface area contributed by atoms with Crippen LogP contribution in [-0.4, -0.2) is 36.5 Å². The lowest BCUT2D eigenvalue weighted by Crippen LogP contribution is -2.45. The van der Waals surface area contributed by atoms with Crippen molar-refractivity contribution in [3.63, 3.8) is 0 Å². The molecular formula is C18H25N3O5. The van der Waals surface area contributed by atoms with Gasteiger partial charge in [0.1, 0.15) is 5.69 Å². The van der Waals surface area contributed by atoms with Crippen molar-refractivity contribution in [1.82, 2.24) is 5.32 Å². The number of carbonyl (C=O) groups excluding carboxylic acids is 2. The van der Waals surface area contributed by atoms with Crippen LogP contribution in [0.2, 0.25) is 0 Å². The van der Waals surface area contributed by atoms with Gasteiger partial charge in [-0.15, -0.1) is 0 Å². The second kappa shape index (κ2) is 8.64. The summed E-state index contributed by atoms with van der Waals surface area (Å²) >= 11 is 0. The van der Waals surface area contributed by atoms with Crippen molar-refractivity contribution in [1.29, 1.82) is 0 Å². The first-order valence-corrected chi connectivity index (χ1v) is 8.76. The molecule has 1 aliphatic rings. The second-order valence-electron chi connectivity index (χ2n) is 6.76. The number of carbonyl (C=O) groups is 2. The van der Waals surface area contributed by atoms with Crippen molar-refractivity contribution in [2.24, 2.45) is 11.8 Å². The summed E-state index contributed by atoms with van der Waals surface area (Å²) in [7, 11) is 1.55. The number of nitrogens with zero attached hydrogens (tertiary/aromatic N) is 1. The fourth-order valence-corrected chi connectivity index (χ4v) is 3.27. The Balaban J connectivity index is 1.93.